The Morgan fingerprint density at radius 3 is 2.27 bits per heavy atom. The van der Waals surface area contributed by atoms with Crippen molar-refractivity contribution in [3.05, 3.63) is 59.9 Å². The molecule has 2 aliphatic rings. The predicted molar refractivity (Wildman–Crippen MR) is 153 cm³/mol. The van der Waals surface area contributed by atoms with E-state index in [0.29, 0.717) is 40.3 Å². The summed E-state index contributed by atoms with van der Waals surface area (Å²) in [6, 6.07) is 13.5. The van der Waals surface area contributed by atoms with Crippen molar-refractivity contribution in [1.29, 1.82) is 5.26 Å². The average molecular weight is 542 g/mol. The van der Waals surface area contributed by atoms with Crippen LogP contribution in [0.3, 0.4) is 0 Å². The van der Waals surface area contributed by atoms with Crippen LogP contribution in [0.1, 0.15) is 28.8 Å². The summed E-state index contributed by atoms with van der Waals surface area (Å²) in [4.78, 5) is 29.2. The molecular weight excluding hydrogens is 506 g/mol. The molecule has 0 atom stereocenters. The molecule has 0 saturated carbocycles. The zero-order chi connectivity index (χ0) is 28.1. The Kier molecular flexibility index (Phi) is 8.43. The van der Waals surface area contributed by atoms with E-state index >= 15 is 0 Å². The molecule has 1 amide bonds. The molecule has 3 heterocycles. The second-order valence-corrected chi connectivity index (χ2v) is 10.2. The van der Waals surface area contributed by atoms with E-state index in [-0.39, 0.29) is 5.91 Å². The summed E-state index contributed by atoms with van der Waals surface area (Å²) in [6.07, 6.45) is 5.79. The minimum Gasteiger partial charge on any atom is -0.495 e. The summed E-state index contributed by atoms with van der Waals surface area (Å²) in [7, 11) is 5.31. The highest BCUT2D eigenvalue weighted by atomic mass is 16.5. The lowest BCUT2D eigenvalue weighted by atomic mass is 10.0. The number of aromatic nitrogens is 2. The van der Waals surface area contributed by atoms with Crippen molar-refractivity contribution in [1.82, 2.24) is 24.7 Å². The molecule has 2 aliphatic heterocycles. The number of hydrogen-bond donors (Lipinski definition) is 1. The molecular formula is C30H35N7O3. The fraction of sp³-hybridized carbons (Fsp3) is 0.400. The van der Waals surface area contributed by atoms with Crippen molar-refractivity contribution in [3.8, 4) is 28.7 Å². The van der Waals surface area contributed by atoms with Crippen molar-refractivity contribution in [2.45, 2.75) is 18.9 Å². The largest absolute Gasteiger partial charge is 0.495 e. The second-order valence-electron chi connectivity index (χ2n) is 10.2. The number of carbonyl (C=O) groups is 1. The summed E-state index contributed by atoms with van der Waals surface area (Å²) in [5, 5.41) is 12.4. The minimum atomic E-state index is 0.0137. The lowest BCUT2D eigenvalue weighted by molar-refractivity contribution is 0.0475. The quantitative estimate of drug-likeness (QED) is 0.480. The van der Waals surface area contributed by atoms with E-state index in [4.69, 9.17) is 9.47 Å². The maximum atomic E-state index is 13.4. The highest BCUT2D eigenvalue weighted by Gasteiger charge is 2.28. The van der Waals surface area contributed by atoms with E-state index in [9.17, 15) is 10.1 Å². The van der Waals surface area contributed by atoms with Crippen LogP contribution in [0.5, 0.6) is 11.5 Å². The first-order valence-corrected chi connectivity index (χ1v) is 13.6. The summed E-state index contributed by atoms with van der Waals surface area (Å²) < 4.78 is 10.8. The Labute approximate surface area is 235 Å². The van der Waals surface area contributed by atoms with Gasteiger partial charge in [-0.1, -0.05) is 6.07 Å². The van der Waals surface area contributed by atoms with E-state index in [0.717, 1.165) is 50.4 Å². The van der Waals surface area contributed by atoms with Crippen LogP contribution in [0.25, 0.3) is 11.1 Å². The molecule has 3 aromatic rings. The first-order valence-electron chi connectivity index (χ1n) is 13.6. The molecule has 2 aromatic carbocycles. The van der Waals surface area contributed by atoms with Gasteiger partial charge in [-0.2, -0.15) is 5.26 Å². The number of amides is 1. The van der Waals surface area contributed by atoms with Crippen molar-refractivity contribution in [3.63, 3.8) is 0 Å². The molecule has 0 radical (unpaired) electrons. The van der Waals surface area contributed by atoms with Crippen LogP contribution < -0.4 is 14.8 Å². The standard InChI is InChI=1S/C30H35N7O3/c1-35-10-8-25(9-11-35)36-12-14-37(15-13-36)29(38)22-6-7-27(39-2)26(16-22)34-30-32-19-24(20-33-30)21-4-5-23(18-31)28(17-21)40-3/h4-7,16-17,19-20,25H,8-15H2,1-3H3,(H,32,33,34). The zero-order valence-corrected chi connectivity index (χ0v) is 23.3. The Morgan fingerprint density at radius 1 is 0.925 bits per heavy atom. The van der Waals surface area contributed by atoms with E-state index in [1.165, 1.54) is 20.0 Å². The molecule has 208 valence electrons. The summed E-state index contributed by atoms with van der Waals surface area (Å²) >= 11 is 0. The van der Waals surface area contributed by atoms with Gasteiger partial charge in [0.1, 0.15) is 17.6 Å². The fourth-order valence-corrected chi connectivity index (χ4v) is 5.40. The van der Waals surface area contributed by atoms with Gasteiger partial charge in [0, 0.05) is 55.7 Å². The van der Waals surface area contributed by atoms with Crippen molar-refractivity contribution >= 4 is 17.5 Å². The Balaban J connectivity index is 1.25. The lowest BCUT2D eigenvalue weighted by Gasteiger charge is -2.42. The molecule has 2 fully saturated rings. The third kappa shape index (κ3) is 6.01. The highest BCUT2D eigenvalue weighted by molar-refractivity contribution is 5.96. The van der Waals surface area contributed by atoms with Gasteiger partial charge in [0.2, 0.25) is 5.95 Å². The Morgan fingerprint density at radius 2 is 1.62 bits per heavy atom. The van der Waals surface area contributed by atoms with Gasteiger partial charge in [0.05, 0.1) is 25.5 Å². The topological polar surface area (TPSA) is 107 Å². The molecule has 2 saturated heterocycles. The number of anilines is 2. The number of carbonyl (C=O) groups excluding carboxylic acids is 1. The number of nitriles is 1. The summed E-state index contributed by atoms with van der Waals surface area (Å²) in [6.45, 7) is 5.55. The number of piperazine rings is 1. The summed E-state index contributed by atoms with van der Waals surface area (Å²) in [5.74, 6) is 1.48. The normalized spacial score (nSPS) is 16.8. The number of nitrogens with zero attached hydrogens (tertiary/aromatic N) is 6. The van der Waals surface area contributed by atoms with Gasteiger partial charge < -0.3 is 24.6 Å². The van der Waals surface area contributed by atoms with Gasteiger partial charge in [-0.05, 0) is 68.9 Å². The predicted octanol–water partition coefficient (Wildman–Crippen LogP) is 3.63. The van der Waals surface area contributed by atoms with Crippen LogP contribution in [0.2, 0.25) is 0 Å². The number of nitrogens with one attached hydrogen (secondary N) is 1. The molecule has 0 aliphatic carbocycles. The van der Waals surface area contributed by atoms with Crippen LogP contribution in [0, 0.1) is 11.3 Å². The maximum absolute atomic E-state index is 13.4. The van der Waals surface area contributed by atoms with Crippen LogP contribution in [0.4, 0.5) is 11.6 Å². The number of piperidine rings is 1. The molecule has 1 aromatic heterocycles. The number of likely N-dealkylation sites (tertiary alicyclic amines) is 1. The van der Waals surface area contributed by atoms with Crippen LogP contribution >= 0.6 is 0 Å². The van der Waals surface area contributed by atoms with Crippen LogP contribution in [-0.4, -0.2) is 97.2 Å². The van der Waals surface area contributed by atoms with Gasteiger partial charge in [-0.3, -0.25) is 9.69 Å². The molecule has 5 rings (SSSR count). The first-order chi connectivity index (χ1) is 19.5. The van der Waals surface area contributed by atoms with E-state index in [1.807, 2.05) is 11.0 Å². The molecule has 10 heteroatoms. The van der Waals surface area contributed by atoms with Crippen molar-refractivity contribution < 1.29 is 14.3 Å². The number of ether oxygens (including phenoxy) is 2. The van der Waals surface area contributed by atoms with E-state index in [2.05, 4.69) is 38.2 Å². The van der Waals surface area contributed by atoms with Gasteiger partial charge in [-0.25, -0.2) is 9.97 Å². The van der Waals surface area contributed by atoms with Crippen molar-refractivity contribution in [2.24, 2.45) is 0 Å². The fourth-order valence-electron chi connectivity index (χ4n) is 5.40. The molecule has 1 N–H and O–H groups in total. The smallest absolute Gasteiger partial charge is 0.254 e. The number of methoxy groups -OCH3 is 2. The minimum absolute atomic E-state index is 0.0137. The number of rotatable bonds is 7. The summed E-state index contributed by atoms with van der Waals surface area (Å²) in [5.41, 5.74) is 3.29. The molecule has 0 bridgehead atoms. The van der Waals surface area contributed by atoms with E-state index in [1.54, 1.807) is 49.8 Å². The van der Waals surface area contributed by atoms with Gasteiger partial charge in [-0.15, -0.1) is 0 Å². The molecule has 0 spiro atoms. The first kappa shape index (κ1) is 27.4. The van der Waals surface area contributed by atoms with Crippen molar-refractivity contribution in [2.75, 3.05) is 65.9 Å². The molecule has 10 nitrogen and oxygen atoms in total. The zero-order valence-electron chi connectivity index (χ0n) is 23.3. The third-order valence-corrected chi connectivity index (χ3v) is 7.81. The van der Waals surface area contributed by atoms with Crippen LogP contribution in [-0.2, 0) is 0 Å². The molecule has 0 unspecified atom stereocenters. The third-order valence-electron chi connectivity index (χ3n) is 7.81. The van der Waals surface area contributed by atoms with Crippen LogP contribution in [0.15, 0.2) is 48.8 Å². The monoisotopic (exact) mass is 541 g/mol. The van der Waals surface area contributed by atoms with Gasteiger partial charge in [0.15, 0.2) is 0 Å². The Hall–Kier alpha value is -4.20. The van der Waals surface area contributed by atoms with Gasteiger partial charge in [0.25, 0.3) is 5.91 Å². The maximum Gasteiger partial charge on any atom is 0.254 e. The van der Waals surface area contributed by atoms with E-state index < -0.39 is 0 Å². The van der Waals surface area contributed by atoms with Gasteiger partial charge >= 0.3 is 0 Å². The average Bonchev–Trinajstić information content (AvgIpc) is 3.01. The SMILES string of the molecule is COc1cc(-c2cnc(Nc3cc(C(=O)N4CCN(C5CCN(C)CC5)CC4)ccc3OC)nc2)ccc1C#N. The number of hydrogen-bond acceptors (Lipinski definition) is 9. The lowest BCUT2D eigenvalue weighted by Crippen LogP contribution is -2.54. The second kappa shape index (κ2) is 12.3. The number of benzene rings is 2. The Bertz CT molecular complexity index is 1370. The molecule has 40 heavy (non-hydrogen) atoms. The highest BCUT2D eigenvalue weighted by Crippen LogP contribution is 2.30.